The normalized spacial score (nSPS) is 14.2. The SMILES string of the molecule is CC(O)(c1cc(F)cc(F)c1)c1ccc(Br)c(Cl)c1F. The van der Waals surface area contributed by atoms with E-state index >= 15 is 0 Å². The summed E-state index contributed by atoms with van der Waals surface area (Å²) in [6.45, 7) is 1.24. The minimum atomic E-state index is -1.92. The highest BCUT2D eigenvalue weighted by molar-refractivity contribution is 9.10. The van der Waals surface area contributed by atoms with Crippen LogP contribution in [0.4, 0.5) is 13.2 Å². The first-order valence-electron chi connectivity index (χ1n) is 5.56. The Bertz CT molecular complexity index is 653. The lowest BCUT2D eigenvalue weighted by Gasteiger charge is -2.25. The fraction of sp³-hybridized carbons (Fsp3) is 0.143. The largest absolute Gasteiger partial charge is 0.381 e. The Morgan fingerprint density at radius 1 is 1.10 bits per heavy atom. The van der Waals surface area contributed by atoms with Crippen LogP contribution in [0.3, 0.4) is 0 Å². The molecule has 0 amide bonds. The number of hydrogen-bond donors (Lipinski definition) is 1. The highest BCUT2D eigenvalue weighted by atomic mass is 79.9. The van der Waals surface area contributed by atoms with Gasteiger partial charge in [0.1, 0.15) is 23.1 Å². The van der Waals surface area contributed by atoms with Crippen LogP contribution in [-0.2, 0) is 5.60 Å². The highest BCUT2D eigenvalue weighted by Gasteiger charge is 2.31. The predicted molar refractivity (Wildman–Crippen MR) is 74.1 cm³/mol. The molecule has 2 aromatic rings. The van der Waals surface area contributed by atoms with Gasteiger partial charge in [0, 0.05) is 16.1 Å². The lowest BCUT2D eigenvalue weighted by atomic mass is 9.88. The quantitative estimate of drug-likeness (QED) is 0.760. The number of halogens is 5. The summed E-state index contributed by atoms with van der Waals surface area (Å²) in [5.41, 5.74) is -2.19. The molecule has 2 aromatic carbocycles. The van der Waals surface area contributed by atoms with Gasteiger partial charge in [-0.25, -0.2) is 13.2 Å². The zero-order valence-corrected chi connectivity index (χ0v) is 12.6. The van der Waals surface area contributed by atoms with Gasteiger partial charge in [0.25, 0.3) is 0 Å². The summed E-state index contributed by atoms with van der Waals surface area (Å²) >= 11 is 8.81. The van der Waals surface area contributed by atoms with Gasteiger partial charge in [-0.05, 0) is 46.6 Å². The Balaban J connectivity index is 2.63. The third-order valence-electron chi connectivity index (χ3n) is 2.98. The maximum atomic E-state index is 14.1. The number of aliphatic hydroxyl groups is 1. The molecule has 6 heteroatoms. The molecule has 0 radical (unpaired) electrons. The van der Waals surface area contributed by atoms with E-state index in [4.69, 9.17) is 11.6 Å². The molecule has 0 aliphatic rings. The molecule has 1 atom stereocenters. The molecular formula is C14H9BrClF3O. The van der Waals surface area contributed by atoms with Crippen LogP contribution < -0.4 is 0 Å². The van der Waals surface area contributed by atoms with Gasteiger partial charge in [0.2, 0.25) is 0 Å². The van der Waals surface area contributed by atoms with Crippen LogP contribution in [0.1, 0.15) is 18.1 Å². The molecule has 0 saturated heterocycles. The standard InChI is InChI=1S/C14H9BrClF3O/c1-14(20,7-4-8(17)6-9(18)5-7)10-2-3-11(15)12(16)13(10)19/h2-6,20H,1H3. The van der Waals surface area contributed by atoms with Crippen LogP contribution >= 0.6 is 27.5 Å². The second-order valence-corrected chi connectivity index (χ2v) is 5.69. The molecule has 0 bridgehead atoms. The van der Waals surface area contributed by atoms with E-state index in [1.54, 1.807) is 0 Å². The van der Waals surface area contributed by atoms with E-state index in [1.165, 1.54) is 19.1 Å². The summed E-state index contributed by atoms with van der Waals surface area (Å²) in [6.07, 6.45) is 0. The van der Waals surface area contributed by atoms with Gasteiger partial charge in [0.05, 0.1) is 5.02 Å². The fourth-order valence-electron chi connectivity index (χ4n) is 1.89. The lowest BCUT2D eigenvalue weighted by Crippen LogP contribution is -2.25. The summed E-state index contributed by atoms with van der Waals surface area (Å²) in [6, 6.07) is 5.31. The number of benzene rings is 2. The molecule has 20 heavy (non-hydrogen) atoms. The molecule has 0 fully saturated rings. The Hall–Kier alpha value is -1.04. The van der Waals surface area contributed by atoms with Crippen LogP contribution in [-0.4, -0.2) is 5.11 Å². The minimum Gasteiger partial charge on any atom is -0.381 e. The third-order valence-corrected chi connectivity index (χ3v) is 4.24. The van der Waals surface area contributed by atoms with E-state index in [-0.39, 0.29) is 16.1 Å². The Morgan fingerprint density at radius 2 is 1.65 bits per heavy atom. The fourth-order valence-corrected chi connectivity index (χ4v) is 2.36. The molecule has 0 spiro atoms. The summed E-state index contributed by atoms with van der Waals surface area (Å²) in [5, 5.41) is 10.2. The predicted octanol–water partition coefficient (Wildman–Crippen LogP) is 4.78. The van der Waals surface area contributed by atoms with Crippen LogP contribution in [0.15, 0.2) is 34.8 Å². The van der Waals surface area contributed by atoms with Gasteiger partial charge in [0.15, 0.2) is 0 Å². The molecule has 0 heterocycles. The van der Waals surface area contributed by atoms with Crippen LogP contribution in [0.2, 0.25) is 5.02 Å². The zero-order valence-electron chi connectivity index (χ0n) is 10.2. The Labute approximate surface area is 127 Å². The van der Waals surface area contributed by atoms with Crippen molar-refractivity contribution in [2.24, 2.45) is 0 Å². The van der Waals surface area contributed by atoms with Gasteiger partial charge in [-0.15, -0.1) is 0 Å². The first kappa shape index (κ1) is 15.4. The van der Waals surface area contributed by atoms with Gasteiger partial charge < -0.3 is 5.11 Å². The summed E-state index contributed by atoms with van der Waals surface area (Å²) in [4.78, 5) is 0. The van der Waals surface area contributed by atoms with E-state index in [0.29, 0.717) is 10.5 Å². The van der Waals surface area contributed by atoms with E-state index in [1.807, 2.05) is 0 Å². The molecule has 0 aliphatic heterocycles. The Morgan fingerprint density at radius 3 is 2.20 bits per heavy atom. The molecule has 0 aliphatic carbocycles. The third kappa shape index (κ3) is 2.71. The maximum absolute atomic E-state index is 14.1. The van der Waals surface area contributed by atoms with E-state index in [2.05, 4.69) is 15.9 Å². The van der Waals surface area contributed by atoms with Crippen LogP contribution in [0.25, 0.3) is 0 Å². The second-order valence-electron chi connectivity index (χ2n) is 4.45. The van der Waals surface area contributed by atoms with Crippen molar-refractivity contribution in [3.63, 3.8) is 0 Å². The molecule has 106 valence electrons. The molecule has 1 N–H and O–H groups in total. The van der Waals surface area contributed by atoms with Gasteiger partial charge in [-0.3, -0.25) is 0 Å². The molecule has 1 unspecified atom stereocenters. The van der Waals surface area contributed by atoms with Crippen molar-refractivity contribution >= 4 is 27.5 Å². The first-order valence-corrected chi connectivity index (χ1v) is 6.73. The molecular weight excluding hydrogens is 357 g/mol. The monoisotopic (exact) mass is 364 g/mol. The van der Waals surface area contributed by atoms with Crippen molar-refractivity contribution in [2.75, 3.05) is 0 Å². The second kappa shape index (κ2) is 5.39. The first-order chi connectivity index (χ1) is 9.23. The van der Waals surface area contributed by atoms with Gasteiger partial charge in [-0.1, -0.05) is 17.7 Å². The van der Waals surface area contributed by atoms with Gasteiger partial charge >= 0.3 is 0 Å². The Kier molecular flexibility index (Phi) is 4.14. The minimum absolute atomic E-state index is 0.104. The van der Waals surface area contributed by atoms with Crippen LogP contribution in [0, 0.1) is 17.5 Å². The average Bonchev–Trinajstić information content (AvgIpc) is 2.34. The molecule has 0 saturated carbocycles. The lowest BCUT2D eigenvalue weighted by molar-refractivity contribution is 0.0971. The maximum Gasteiger partial charge on any atom is 0.149 e. The van der Waals surface area contributed by atoms with E-state index in [0.717, 1.165) is 12.1 Å². The highest BCUT2D eigenvalue weighted by Crippen LogP contribution is 2.36. The average molecular weight is 366 g/mol. The topological polar surface area (TPSA) is 20.2 Å². The van der Waals surface area contributed by atoms with Crippen molar-refractivity contribution in [3.05, 3.63) is 68.4 Å². The molecule has 0 aromatic heterocycles. The van der Waals surface area contributed by atoms with Crippen molar-refractivity contribution in [3.8, 4) is 0 Å². The number of hydrogen-bond acceptors (Lipinski definition) is 1. The zero-order chi connectivity index (χ0) is 15.1. The van der Waals surface area contributed by atoms with Crippen molar-refractivity contribution in [1.29, 1.82) is 0 Å². The summed E-state index contributed by atoms with van der Waals surface area (Å²) in [5.74, 6) is -2.57. The number of rotatable bonds is 2. The van der Waals surface area contributed by atoms with E-state index < -0.39 is 23.1 Å². The van der Waals surface area contributed by atoms with Crippen molar-refractivity contribution < 1.29 is 18.3 Å². The summed E-state index contributed by atoms with van der Waals surface area (Å²) < 4.78 is 40.9. The van der Waals surface area contributed by atoms with Crippen molar-refractivity contribution in [2.45, 2.75) is 12.5 Å². The smallest absolute Gasteiger partial charge is 0.149 e. The van der Waals surface area contributed by atoms with E-state index in [9.17, 15) is 18.3 Å². The summed E-state index contributed by atoms with van der Waals surface area (Å²) in [7, 11) is 0. The van der Waals surface area contributed by atoms with Crippen LogP contribution in [0.5, 0.6) is 0 Å². The van der Waals surface area contributed by atoms with Gasteiger partial charge in [-0.2, -0.15) is 0 Å². The van der Waals surface area contributed by atoms with Crippen molar-refractivity contribution in [1.82, 2.24) is 0 Å². The molecule has 1 nitrogen and oxygen atoms in total. The molecule has 2 rings (SSSR count).